The first-order valence-electron chi connectivity index (χ1n) is 7.76. The third-order valence-corrected chi connectivity index (χ3v) is 4.27. The highest BCUT2D eigenvalue weighted by Gasteiger charge is 2.33. The van der Waals surface area contributed by atoms with Crippen LogP contribution in [0.2, 0.25) is 0 Å². The van der Waals surface area contributed by atoms with Crippen LogP contribution in [0.3, 0.4) is 0 Å². The van der Waals surface area contributed by atoms with E-state index in [0.29, 0.717) is 13.1 Å². The van der Waals surface area contributed by atoms with E-state index in [0.717, 1.165) is 22.5 Å². The number of anilines is 1. The molecule has 1 aliphatic rings. The van der Waals surface area contributed by atoms with Gasteiger partial charge in [0.25, 0.3) is 0 Å². The van der Waals surface area contributed by atoms with Crippen molar-refractivity contribution in [3.05, 3.63) is 59.9 Å². The fraction of sp³-hybridized carbons (Fsp3) is 0.222. The number of aryl methyl sites for hydroxylation is 1. The van der Waals surface area contributed by atoms with Crippen LogP contribution in [-0.2, 0) is 0 Å². The maximum Gasteiger partial charge on any atom is 0.321 e. The number of aromatic amines is 1. The van der Waals surface area contributed by atoms with Crippen molar-refractivity contribution in [2.75, 3.05) is 18.4 Å². The van der Waals surface area contributed by atoms with Gasteiger partial charge in [-0.3, -0.25) is 0 Å². The Kier molecular flexibility index (Phi) is 3.26. The van der Waals surface area contributed by atoms with Crippen LogP contribution >= 0.6 is 0 Å². The van der Waals surface area contributed by atoms with Gasteiger partial charge in [-0.2, -0.15) is 0 Å². The van der Waals surface area contributed by atoms with Gasteiger partial charge in [0.05, 0.1) is 17.0 Å². The van der Waals surface area contributed by atoms with Crippen molar-refractivity contribution in [1.29, 1.82) is 0 Å². The maximum atomic E-state index is 12.2. The number of likely N-dealkylation sites (tertiary alicyclic amines) is 1. The highest BCUT2D eigenvalue weighted by atomic mass is 16.2. The largest absolute Gasteiger partial charge is 0.342 e. The summed E-state index contributed by atoms with van der Waals surface area (Å²) < 4.78 is 0. The molecule has 2 aromatic carbocycles. The van der Waals surface area contributed by atoms with E-state index in [1.807, 2.05) is 55.5 Å². The number of amides is 2. The second-order valence-electron chi connectivity index (χ2n) is 6.04. The second-order valence-corrected chi connectivity index (χ2v) is 6.04. The van der Waals surface area contributed by atoms with Crippen molar-refractivity contribution < 1.29 is 4.79 Å². The van der Waals surface area contributed by atoms with Crippen molar-refractivity contribution in [3.8, 4) is 0 Å². The van der Waals surface area contributed by atoms with Crippen LogP contribution in [0.4, 0.5) is 10.5 Å². The summed E-state index contributed by atoms with van der Waals surface area (Å²) in [5.41, 5.74) is 4.03. The number of hydrogen-bond donors (Lipinski definition) is 2. The molecular weight excluding hydrogens is 288 g/mol. The van der Waals surface area contributed by atoms with E-state index in [9.17, 15) is 4.79 Å². The lowest BCUT2D eigenvalue weighted by Gasteiger charge is -2.37. The van der Waals surface area contributed by atoms with Crippen LogP contribution in [0.15, 0.2) is 48.5 Å². The van der Waals surface area contributed by atoms with Crippen molar-refractivity contribution in [2.24, 2.45) is 0 Å². The summed E-state index contributed by atoms with van der Waals surface area (Å²) in [5.74, 6) is 1.25. The van der Waals surface area contributed by atoms with Crippen molar-refractivity contribution in [3.63, 3.8) is 0 Å². The topological polar surface area (TPSA) is 61.0 Å². The lowest BCUT2D eigenvalue weighted by Crippen LogP contribution is -2.50. The lowest BCUT2D eigenvalue weighted by molar-refractivity contribution is 0.161. The number of nitrogens with one attached hydrogen (secondary N) is 2. The van der Waals surface area contributed by atoms with Gasteiger partial charge in [0, 0.05) is 18.8 Å². The molecule has 2 heterocycles. The van der Waals surface area contributed by atoms with Gasteiger partial charge >= 0.3 is 6.03 Å². The molecule has 0 unspecified atom stereocenters. The number of aromatic nitrogens is 2. The van der Waals surface area contributed by atoms with Gasteiger partial charge < -0.3 is 15.2 Å². The van der Waals surface area contributed by atoms with Crippen molar-refractivity contribution in [1.82, 2.24) is 14.9 Å². The van der Waals surface area contributed by atoms with Gasteiger partial charge in [0.2, 0.25) is 0 Å². The minimum Gasteiger partial charge on any atom is -0.342 e. The fourth-order valence-corrected chi connectivity index (χ4v) is 2.82. The number of nitrogens with zero attached hydrogens (tertiary/aromatic N) is 2. The third kappa shape index (κ3) is 2.65. The minimum absolute atomic E-state index is 0.0544. The summed E-state index contributed by atoms with van der Waals surface area (Å²) in [6.07, 6.45) is 0. The monoisotopic (exact) mass is 306 g/mol. The van der Waals surface area contributed by atoms with Gasteiger partial charge in [-0.05, 0) is 31.2 Å². The Balaban J connectivity index is 1.38. The first-order chi connectivity index (χ1) is 11.2. The highest BCUT2D eigenvalue weighted by molar-refractivity contribution is 5.90. The van der Waals surface area contributed by atoms with E-state index in [2.05, 4.69) is 15.3 Å². The molecule has 5 nitrogen and oxygen atoms in total. The van der Waals surface area contributed by atoms with Crippen molar-refractivity contribution in [2.45, 2.75) is 12.8 Å². The third-order valence-electron chi connectivity index (χ3n) is 4.27. The molecule has 0 radical (unpaired) electrons. The molecule has 0 atom stereocenters. The maximum absolute atomic E-state index is 12.2. The van der Waals surface area contributed by atoms with Crippen LogP contribution in [0.5, 0.6) is 0 Å². The number of fused-ring (bicyclic) bond motifs is 1. The molecule has 1 saturated heterocycles. The second kappa shape index (κ2) is 5.43. The van der Waals surface area contributed by atoms with Crippen LogP contribution in [0.25, 0.3) is 11.0 Å². The van der Waals surface area contributed by atoms with Crippen LogP contribution in [0, 0.1) is 6.92 Å². The van der Waals surface area contributed by atoms with E-state index >= 15 is 0 Å². The zero-order chi connectivity index (χ0) is 15.8. The van der Waals surface area contributed by atoms with Crippen LogP contribution in [0.1, 0.15) is 17.3 Å². The molecular formula is C18H18N4O. The Morgan fingerprint density at radius 1 is 1.17 bits per heavy atom. The van der Waals surface area contributed by atoms with Crippen molar-refractivity contribution >= 4 is 22.8 Å². The molecule has 1 aliphatic heterocycles. The molecule has 0 saturated carbocycles. The van der Waals surface area contributed by atoms with E-state index in [4.69, 9.17) is 0 Å². The number of rotatable bonds is 2. The molecule has 1 fully saturated rings. The van der Waals surface area contributed by atoms with Gasteiger partial charge in [-0.1, -0.05) is 29.8 Å². The molecule has 116 valence electrons. The van der Waals surface area contributed by atoms with Crippen LogP contribution < -0.4 is 5.32 Å². The number of carbonyl (C=O) groups is 1. The number of carbonyl (C=O) groups excluding carboxylic acids is 1. The fourth-order valence-electron chi connectivity index (χ4n) is 2.82. The molecule has 0 aliphatic carbocycles. The Labute approximate surface area is 134 Å². The predicted octanol–water partition coefficient (Wildman–Crippen LogP) is 3.50. The summed E-state index contributed by atoms with van der Waals surface area (Å²) in [6, 6.07) is 15.8. The first kappa shape index (κ1) is 13.8. The quantitative estimate of drug-likeness (QED) is 0.761. The Morgan fingerprint density at radius 3 is 2.65 bits per heavy atom. The summed E-state index contributed by atoms with van der Waals surface area (Å²) in [7, 11) is 0. The van der Waals surface area contributed by atoms with Gasteiger partial charge in [0.15, 0.2) is 0 Å². The van der Waals surface area contributed by atoms with E-state index in [1.54, 1.807) is 4.90 Å². The predicted molar refractivity (Wildman–Crippen MR) is 90.6 cm³/mol. The average Bonchev–Trinajstić information content (AvgIpc) is 2.91. The summed E-state index contributed by atoms with van der Waals surface area (Å²) in [4.78, 5) is 22.0. The molecule has 23 heavy (non-hydrogen) atoms. The lowest BCUT2D eigenvalue weighted by atomic mass is 10.0. The molecule has 2 amide bonds. The number of hydrogen-bond acceptors (Lipinski definition) is 2. The smallest absolute Gasteiger partial charge is 0.321 e. The zero-order valence-electron chi connectivity index (χ0n) is 12.9. The number of H-pyrrole nitrogens is 1. The van der Waals surface area contributed by atoms with Crippen LogP contribution in [-0.4, -0.2) is 34.0 Å². The molecule has 2 N–H and O–H groups in total. The normalized spacial score (nSPS) is 14.7. The molecule has 0 bridgehead atoms. The average molecular weight is 306 g/mol. The number of para-hydroxylation sites is 2. The molecule has 3 aromatic rings. The Morgan fingerprint density at radius 2 is 1.91 bits per heavy atom. The van der Waals surface area contributed by atoms with E-state index < -0.39 is 0 Å². The Hall–Kier alpha value is -2.82. The number of benzene rings is 2. The number of imidazole rings is 1. The van der Waals surface area contributed by atoms with Gasteiger partial charge in [-0.25, -0.2) is 9.78 Å². The SMILES string of the molecule is Cc1ccc(NC(=O)N2CC(c3nc4ccccc4[nH]3)C2)cc1. The molecule has 4 rings (SSSR count). The standard InChI is InChI=1S/C18H18N4O/c1-12-6-8-14(9-7-12)19-18(23)22-10-13(11-22)17-20-15-4-2-3-5-16(15)21-17/h2-9,13H,10-11H2,1H3,(H,19,23)(H,20,21). The van der Waals surface area contributed by atoms with E-state index in [1.165, 1.54) is 5.56 Å². The van der Waals surface area contributed by atoms with Gasteiger partial charge in [0.1, 0.15) is 5.82 Å². The summed E-state index contributed by atoms with van der Waals surface area (Å²) in [6.45, 7) is 3.41. The molecule has 5 heteroatoms. The first-order valence-corrected chi connectivity index (χ1v) is 7.76. The van der Waals surface area contributed by atoms with Gasteiger partial charge in [-0.15, -0.1) is 0 Å². The molecule has 1 aromatic heterocycles. The molecule has 0 spiro atoms. The minimum atomic E-state index is -0.0544. The highest BCUT2D eigenvalue weighted by Crippen LogP contribution is 2.27. The Bertz CT molecular complexity index is 814. The number of urea groups is 1. The van der Waals surface area contributed by atoms with E-state index in [-0.39, 0.29) is 11.9 Å². The zero-order valence-corrected chi connectivity index (χ0v) is 12.9. The summed E-state index contributed by atoms with van der Waals surface area (Å²) in [5, 5.41) is 2.93. The summed E-state index contributed by atoms with van der Waals surface area (Å²) >= 11 is 0.